The molecule has 0 saturated heterocycles. The summed E-state index contributed by atoms with van der Waals surface area (Å²) in [6.45, 7) is 2.22. The molecule has 0 aliphatic heterocycles. The zero-order chi connectivity index (χ0) is 8.97. The molecular weight excluding hydrogens is 160 g/mol. The normalized spacial score (nSPS) is 9.75. The van der Waals surface area contributed by atoms with Gasteiger partial charge in [0.05, 0.1) is 12.8 Å². The van der Waals surface area contributed by atoms with Crippen molar-refractivity contribution in [3.8, 4) is 5.88 Å². The molecule has 0 spiro atoms. The molecule has 5 heteroatoms. The monoisotopic (exact) mass is 169 g/mol. The average molecular weight is 169 g/mol. The summed E-state index contributed by atoms with van der Waals surface area (Å²) in [6, 6.07) is 0. The van der Waals surface area contributed by atoms with Gasteiger partial charge in [-0.25, -0.2) is 4.79 Å². The van der Waals surface area contributed by atoms with Crippen LogP contribution in [0.15, 0.2) is 6.20 Å². The fraction of sp³-hybridized carbons (Fsp3) is 0.429. The van der Waals surface area contributed by atoms with Gasteiger partial charge in [-0.15, -0.1) is 0 Å². The Kier molecular flexibility index (Phi) is 2.68. The zero-order valence-electron chi connectivity index (χ0n) is 6.66. The Labute approximate surface area is 69.4 Å². The van der Waals surface area contributed by atoms with E-state index in [0.29, 0.717) is 6.61 Å². The molecule has 1 aromatic heterocycles. The lowest BCUT2D eigenvalue weighted by molar-refractivity contribution is 0.0491. The van der Waals surface area contributed by atoms with Gasteiger partial charge in [0, 0.05) is 0 Å². The van der Waals surface area contributed by atoms with E-state index in [1.165, 1.54) is 0 Å². The van der Waals surface area contributed by atoms with Crippen molar-refractivity contribution in [2.24, 2.45) is 0 Å². The first-order valence-electron chi connectivity index (χ1n) is 3.63. The molecule has 65 valence electrons. The highest BCUT2D eigenvalue weighted by atomic mass is 16.5. The maximum atomic E-state index is 11.0. The Morgan fingerprint density at radius 2 is 2.50 bits per heavy atom. The number of aromatic nitrogens is 2. The number of nitrogens with zero attached hydrogens (tertiary/aromatic N) is 1. The van der Waals surface area contributed by atoms with Crippen molar-refractivity contribution in [2.75, 3.05) is 6.61 Å². The highest BCUT2D eigenvalue weighted by molar-refractivity contribution is 5.85. The molecule has 0 unspecified atom stereocenters. The number of imidazole rings is 1. The van der Waals surface area contributed by atoms with E-state index < -0.39 is 11.8 Å². The van der Waals surface area contributed by atoms with E-state index in [1.54, 1.807) is 0 Å². The summed E-state index contributed by atoms with van der Waals surface area (Å²) in [7, 11) is 0. The molecule has 0 bridgehead atoms. The molecule has 12 heavy (non-hydrogen) atoms. The lowest BCUT2D eigenvalue weighted by Gasteiger charge is -1.97. The number of H-pyrrole nitrogens is 1. The SMILES string of the molecule is CCCOC(=O)c1nc([O])c[nH]1. The lowest BCUT2D eigenvalue weighted by Crippen LogP contribution is -2.07. The first-order valence-corrected chi connectivity index (χ1v) is 3.63. The van der Waals surface area contributed by atoms with Crippen LogP contribution in [0, 0.1) is 0 Å². The molecule has 1 N–H and O–H groups in total. The van der Waals surface area contributed by atoms with Crippen molar-refractivity contribution < 1.29 is 14.6 Å². The number of rotatable bonds is 3. The van der Waals surface area contributed by atoms with Gasteiger partial charge in [-0.05, 0) is 6.42 Å². The van der Waals surface area contributed by atoms with Gasteiger partial charge < -0.3 is 9.72 Å². The molecule has 0 aromatic carbocycles. The Morgan fingerprint density at radius 1 is 1.75 bits per heavy atom. The molecule has 1 rings (SSSR count). The van der Waals surface area contributed by atoms with Gasteiger partial charge in [-0.3, -0.25) is 5.11 Å². The topological polar surface area (TPSA) is 74.9 Å². The summed E-state index contributed by atoms with van der Waals surface area (Å²) in [5, 5.41) is 10.5. The van der Waals surface area contributed by atoms with Crippen LogP contribution in [0.3, 0.4) is 0 Å². The van der Waals surface area contributed by atoms with Gasteiger partial charge >= 0.3 is 5.97 Å². The van der Waals surface area contributed by atoms with Crippen molar-refractivity contribution in [2.45, 2.75) is 13.3 Å². The van der Waals surface area contributed by atoms with Crippen molar-refractivity contribution >= 4 is 5.97 Å². The molecule has 0 aliphatic carbocycles. The first-order chi connectivity index (χ1) is 5.74. The second-order valence-electron chi connectivity index (χ2n) is 2.22. The van der Waals surface area contributed by atoms with E-state index in [9.17, 15) is 9.90 Å². The second kappa shape index (κ2) is 3.75. The largest absolute Gasteiger partial charge is 0.460 e. The van der Waals surface area contributed by atoms with Crippen LogP contribution < -0.4 is 0 Å². The van der Waals surface area contributed by atoms with Crippen LogP contribution in [0.1, 0.15) is 24.0 Å². The van der Waals surface area contributed by atoms with Gasteiger partial charge in [0.25, 0.3) is 5.88 Å². The minimum Gasteiger partial charge on any atom is -0.460 e. The van der Waals surface area contributed by atoms with Crippen LogP contribution in [0.4, 0.5) is 0 Å². The van der Waals surface area contributed by atoms with Crippen LogP contribution in [0.2, 0.25) is 0 Å². The molecule has 0 atom stereocenters. The molecular formula is C7H9N2O3. The summed E-state index contributed by atoms with van der Waals surface area (Å²) in [5.74, 6) is -1.08. The predicted molar refractivity (Wildman–Crippen MR) is 39.3 cm³/mol. The van der Waals surface area contributed by atoms with Gasteiger partial charge in [0.15, 0.2) is 0 Å². The van der Waals surface area contributed by atoms with Gasteiger partial charge in [-0.2, -0.15) is 4.98 Å². The first kappa shape index (κ1) is 8.58. The van der Waals surface area contributed by atoms with E-state index in [2.05, 4.69) is 9.97 Å². The highest BCUT2D eigenvalue weighted by Gasteiger charge is 2.11. The van der Waals surface area contributed by atoms with Crippen LogP contribution in [0.5, 0.6) is 5.88 Å². The number of hydrogen-bond donors (Lipinski definition) is 1. The van der Waals surface area contributed by atoms with Crippen molar-refractivity contribution in [3.05, 3.63) is 12.0 Å². The standard InChI is InChI=1S/C7H9N2O3/c1-2-3-12-7(11)6-8-4-5(10)9-6/h4H,2-3H2,1H3,(H,8,9). The van der Waals surface area contributed by atoms with Crippen molar-refractivity contribution in [1.29, 1.82) is 0 Å². The van der Waals surface area contributed by atoms with Crippen LogP contribution in [-0.2, 0) is 9.84 Å². The molecule has 0 amide bonds. The zero-order valence-corrected chi connectivity index (χ0v) is 6.66. The summed E-state index contributed by atoms with van der Waals surface area (Å²) in [6.07, 6.45) is 1.86. The number of ether oxygens (including phenoxy) is 1. The summed E-state index contributed by atoms with van der Waals surface area (Å²) >= 11 is 0. The number of hydrogen-bond acceptors (Lipinski definition) is 3. The highest BCUT2D eigenvalue weighted by Crippen LogP contribution is 2.04. The maximum absolute atomic E-state index is 11.0. The van der Waals surface area contributed by atoms with E-state index in [4.69, 9.17) is 4.74 Å². The summed E-state index contributed by atoms with van der Waals surface area (Å²) in [5.41, 5.74) is 0. The summed E-state index contributed by atoms with van der Waals surface area (Å²) < 4.78 is 4.72. The fourth-order valence-electron chi connectivity index (χ4n) is 0.673. The van der Waals surface area contributed by atoms with Gasteiger partial charge in [0.2, 0.25) is 5.82 Å². The summed E-state index contributed by atoms with van der Waals surface area (Å²) in [4.78, 5) is 16.8. The third-order valence-corrected chi connectivity index (χ3v) is 1.18. The molecule has 1 aromatic rings. The van der Waals surface area contributed by atoms with E-state index in [0.717, 1.165) is 12.6 Å². The lowest BCUT2D eigenvalue weighted by atomic mass is 10.5. The van der Waals surface area contributed by atoms with Crippen LogP contribution in [0.25, 0.3) is 0 Å². The fourth-order valence-corrected chi connectivity index (χ4v) is 0.673. The smallest absolute Gasteiger partial charge is 0.374 e. The molecule has 1 radical (unpaired) electrons. The second-order valence-corrected chi connectivity index (χ2v) is 2.22. The van der Waals surface area contributed by atoms with Gasteiger partial charge in [-0.1, -0.05) is 6.92 Å². The Balaban J connectivity index is 2.53. The van der Waals surface area contributed by atoms with Gasteiger partial charge in [0.1, 0.15) is 0 Å². The third kappa shape index (κ3) is 1.98. The van der Waals surface area contributed by atoms with E-state index >= 15 is 0 Å². The number of carbonyl (C=O) groups is 1. The number of nitrogens with one attached hydrogen (secondary N) is 1. The van der Waals surface area contributed by atoms with Crippen LogP contribution >= 0.6 is 0 Å². The minimum absolute atomic E-state index is 0.0338. The van der Waals surface area contributed by atoms with Crippen molar-refractivity contribution in [1.82, 2.24) is 9.97 Å². The molecule has 0 aliphatic rings. The minimum atomic E-state index is -0.584. The molecule has 0 saturated carbocycles. The Hall–Kier alpha value is -1.52. The van der Waals surface area contributed by atoms with Crippen LogP contribution in [-0.4, -0.2) is 22.5 Å². The quantitative estimate of drug-likeness (QED) is 0.689. The number of esters is 1. The Morgan fingerprint density at radius 3 is 3.00 bits per heavy atom. The predicted octanol–water partition coefficient (Wildman–Crippen LogP) is 1.12. The average Bonchev–Trinajstić information content (AvgIpc) is 2.47. The molecule has 0 fully saturated rings. The Bertz CT molecular complexity index is 269. The van der Waals surface area contributed by atoms with Crippen molar-refractivity contribution in [3.63, 3.8) is 0 Å². The molecule has 5 nitrogen and oxygen atoms in total. The maximum Gasteiger partial charge on any atom is 0.374 e. The van der Waals surface area contributed by atoms with E-state index in [-0.39, 0.29) is 5.82 Å². The molecule has 1 heterocycles. The van der Waals surface area contributed by atoms with E-state index in [1.807, 2.05) is 6.92 Å². The number of carbonyl (C=O) groups excluding carboxylic acids is 1. The number of aromatic amines is 1. The third-order valence-electron chi connectivity index (χ3n) is 1.18.